The van der Waals surface area contributed by atoms with Crippen LogP contribution in [0.4, 0.5) is 0 Å². The number of nitrogens with zero attached hydrogens (tertiary/aromatic N) is 3. The predicted molar refractivity (Wildman–Crippen MR) is 114 cm³/mol. The Kier molecular flexibility index (Phi) is 5.23. The predicted octanol–water partition coefficient (Wildman–Crippen LogP) is 4.22. The van der Waals surface area contributed by atoms with Crippen molar-refractivity contribution >= 4 is 44.3 Å². The number of phenols is 1. The number of halogens is 1. The number of hydrogen-bond acceptors (Lipinski definition) is 5. The number of carbonyl (C=O) groups is 1. The van der Waals surface area contributed by atoms with E-state index in [-0.39, 0.29) is 18.1 Å². The third kappa shape index (κ3) is 3.97. The summed E-state index contributed by atoms with van der Waals surface area (Å²) in [6.07, 6.45) is 3.52. The first kappa shape index (κ1) is 18.4. The summed E-state index contributed by atoms with van der Waals surface area (Å²) < 4.78 is 2.94. The summed E-state index contributed by atoms with van der Waals surface area (Å²) in [7, 11) is 0. The van der Waals surface area contributed by atoms with E-state index in [9.17, 15) is 9.90 Å². The number of thiazole rings is 1. The Balaban J connectivity index is 1.46. The number of hydrazone groups is 1. The average molecular weight is 455 g/mol. The fourth-order valence-corrected chi connectivity index (χ4v) is 3.83. The fourth-order valence-electron chi connectivity index (χ4n) is 2.69. The molecule has 4 rings (SSSR count). The van der Waals surface area contributed by atoms with E-state index in [0.717, 1.165) is 26.4 Å². The molecule has 1 amide bonds. The van der Waals surface area contributed by atoms with Gasteiger partial charge in [0.2, 0.25) is 5.91 Å². The Hall–Kier alpha value is -2.97. The molecule has 0 aliphatic carbocycles. The van der Waals surface area contributed by atoms with Crippen LogP contribution < -0.4 is 5.43 Å². The van der Waals surface area contributed by atoms with Crippen molar-refractivity contribution in [2.75, 3.05) is 0 Å². The Bertz CT molecular complexity index is 1160. The van der Waals surface area contributed by atoms with Crippen molar-refractivity contribution in [3.8, 4) is 17.0 Å². The molecule has 0 aliphatic heterocycles. The molecule has 0 fully saturated rings. The summed E-state index contributed by atoms with van der Waals surface area (Å²) in [5.74, 6) is -0.135. The summed E-state index contributed by atoms with van der Waals surface area (Å²) in [6, 6.07) is 14.7. The number of nitrogens with one attached hydrogen (secondary N) is 1. The van der Waals surface area contributed by atoms with Gasteiger partial charge in [0.1, 0.15) is 5.75 Å². The number of benzene rings is 2. The minimum absolute atomic E-state index is 0.110. The zero-order chi connectivity index (χ0) is 19.5. The van der Waals surface area contributed by atoms with Crippen LogP contribution in [0.3, 0.4) is 0 Å². The van der Waals surface area contributed by atoms with Crippen molar-refractivity contribution < 1.29 is 9.90 Å². The van der Waals surface area contributed by atoms with Crippen LogP contribution in [0.25, 0.3) is 16.2 Å². The van der Waals surface area contributed by atoms with Gasteiger partial charge < -0.3 is 5.11 Å². The number of carbonyl (C=O) groups excluding carboxylic acids is 1. The van der Waals surface area contributed by atoms with Gasteiger partial charge in [-0.3, -0.25) is 9.20 Å². The molecule has 0 spiro atoms. The summed E-state index contributed by atoms with van der Waals surface area (Å²) in [6.45, 7) is 0. The van der Waals surface area contributed by atoms with Crippen LogP contribution >= 0.6 is 27.3 Å². The second kappa shape index (κ2) is 7.95. The molecule has 140 valence electrons. The smallest absolute Gasteiger partial charge is 0.246 e. The second-order valence-corrected chi connectivity index (χ2v) is 7.79. The number of imidazole rings is 1. The molecule has 2 aromatic heterocycles. The van der Waals surface area contributed by atoms with Crippen LogP contribution in [-0.2, 0) is 11.2 Å². The number of aromatic hydroxyl groups is 1. The standard InChI is InChI=1S/C20H15BrN4O2S/c21-15-7-5-13(6-8-15)17-11-25-16(12-28-20(25)23-17)9-19(27)24-22-10-14-3-1-2-4-18(14)26/h1-8,10-12,26H,9H2,(H,24,27)/b22-10+. The number of amides is 1. The Morgan fingerprint density at radius 2 is 2.04 bits per heavy atom. The van der Waals surface area contributed by atoms with E-state index < -0.39 is 0 Å². The van der Waals surface area contributed by atoms with E-state index in [1.54, 1.807) is 24.3 Å². The lowest BCUT2D eigenvalue weighted by atomic mass is 10.2. The largest absolute Gasteiger partial charge is 0.507 e. The molecule has 4 aromatic rings. The lowest BCUT2D eigenvalue weighted by Crippen LogP contribution is -2.20. The Morgan fingerprint density at radius 1 is 1.25 bits per heavy atom. The first-order chi connectivity index (χ1) is 13.6. The highest BCUT2D eigenvalue weighted by Crippen LogP contribution is 2.25. The first-order valence-corrected chi connectivity index (χ1v) is 10.1. The van der Waals surface area contributed by atoms with E-state index in [2.05, 4.69) is 31.4 Å². The molecule has 0 radical (unpaired) electrons. The zero-order valence-electron chi connectivity index (χ0n) is 14.5. The van der Waals surface area contributed by atoms with E-state index in [4.69, 9.17) is 0 Å². The van der Waals surface area contributed by atoms with Crippen molar-refractivity contribution in [1.82, 2.24) is 14.8 Å². The van der Waals surface area contributed by atoms with E-state index in [0.29, 0.717) is 5.56 Å². The maximum Gasteiger partial charge on any atom is 0.246 e. The van der Waals surface area contributed by atoms with Crippen LogP contribution in [0.2, 0.25) is 0 Å². The van der Waals surface area contributed by atoms with Gasteiger partial charge >= 0.3 is 0 Å². The lowest BCUT2D eigenvalue weighted by molar-refractivity contribution is -0.120. The number of hydrogen-bond donors (Lipinski definition) is 2. The van der Waals surface area contributed by atoms with E-state index >= 15 is 0 Å². The van der Waals surface area contributed by atoms with E-state index in [1.807, 2.05) is 40.2 Å². The Morgan fingerprint density at radius 3 is 2.82 bits per heavy atom. The summed E-state index contributed by atoms with van der Waals surface area (Å²) in [5, 5.41) is 15.5. The van der Waals surface area contributed by atoms with Crippen molar-refractivity contribution in [2.45, 2.75) is 6.42 Å². The van der Waals surface area contributed by atoms with Crippen LogP contribution in [0.5, 0.6) is 5.75 Å². The van der Waals surface area contributed by atoms with Crippen molar-refractivity contribution in [2.24, 2.45) is 5.10 Å². The first-order valence-electron chi connectivity index (χ1n) is 8.41. The molecule has 8 heteroatoms. The fraction of sp³-hybridized carbons (Fsp3) is 0.0500. The highest BCUT2D eigenvalue weighted by atomic mass is 79.9. The topological polar surface area (TPSA) is 79.0 Å². The zero-order valence-corrected chi connectivity index (χ0v) is 16.9. The lowest BCUT2D eigenvalue weighted by Gasteiger charge is -2.00. The highest BCUT2D eigenvalue weighted by molar-refractivity contribution is 9.10. The number of phenolic OH excluding ortho intramolecular Hbond substituents is 1. The summed E-state index contributed by atoms with van der Waals surface area (Å²) in [4.78, 5) is 17.7. The monoisotopic (exact) mass is 454 g/mol. The number of aromatic nitrogens is 2. The van der Waals surface area contributed by atoms with Gasteiger partial charge in [0, 0.05) is 32.9 Å². The SMILES string of the molecule is O=C(Cc1csc2nc(-c3ccc(Br)cc3)cn12)N/N=C/c1ccccc1O. The molecule has 0 atom stereocenters. The molecule has 2 aromatic carbocycles. The molecule has 6 nitrogen and oxygen atoms in total. The van der Waals surface area contributed by atoms with Crippen LogP contribution in [0.15, 0.2) is 69.7 Å². The number of rotatable bonds is 5. The third-order valence-electron chi connectivity index (χ3n) is 4.09. The minimum atomic E-state index is -0.245. The third-order valence-corrected chi connectivity index (χ3v) is 5.51. The minimum Gasteiger partial charge on any atom is -0.507 e. The molecular weight excluding hydrogens is 440 g/mol. The van der Waals surface area contributed by atoms with Gasteiger partial charge in [-0.2, -0.15) is 5.10 Å². The molecule has 2 N–H and O–H groups in total. The number of para-hydroxylation sites is 1. The summed E-state index contributed by atoms with van der Waals surface area (Å²) in [5.41, 5.74) is 5.74. The van der Waals surface area contributed by atoms with Crippen molar-refractivity contribution in [3.05, 3.63) is 75.8 Å². The van der Waals surface area contributed by atoms with Crippen molar-refractivity contribution in [3.63, 3.8) is 0 Å². The Labute approximate surface area is 173 Å². The van der Waals surface area contributed by atoms with Gasteiger partial charge in [0.15, 0.2) is 4.96 Å². The van der Waals surface area contributed by atoms with Gasteiger partial charge in [-0.25, -0.2) is 10.4 Å². The molecule has 2 heterocycles. The van der Waals surface area contributed by atoms with Crippen LogP contribution in [0, 0.1) is 0 Å². The quantitative estimate of drug-likeness (QED) is 0.349. The highest BCUT2D eigenvalue weighted by Gasteiger charge is 2.12. The molecule has 0 saturated carbocycles. The van der Waals surface area contributed by atoms with Crippen molar-refractivity contribution in [1.29, 1.82) is 0 Å². The van der Waals surface area contributed by atoms with Gasteiger partial charge in [0.05, 0.1) is 18.3 Å². The van der Waals surface area contributed by atoms with E-state index in [1.165, 1.54) is 17.6 Å². The summed E-state index contributed by atoms with van der Waals surface area (Å²) >= 11 is 4.92. The maximum atomic E-state index is 12.2. The normalized spacial score (nSPS) is 11.3. The number of fused-ring (bicyclic) bond motifs is 1. The van der Waals surface area contributed by atoms with Gasteiger partial charge in [-0.1, -0.05) is 40.2 Å². The molecule has 28 heavy (non-hydrogen) atoms. The van der Waals surface area contributed by atoms with Gasteiger partial charge in [-0.15, -0.1) is 11.3 Å². The molecule has 0 saturated heterocycles. The molecule has 0 aliphatic rings. The maximum absolute atomic E-state index is 12.2. The van der Waals surface area contributed by atoms with Gasteiger partial charge in [0.25, 0.3) is 0 Å². The molecule has 0 bridgehead atoms. The second-order valence-electron chi connectivity index (χ2n) is 6.04. The molecular formula is C20H15BrN4O2S. The van der Waals surface area contributed by atoms with Gasteiger partial charge in [-0.05, 0) is 24.3 Å². The van der Waals surface area contributed by atoms with Crippen LogP contribution in [0.1, 0.15) is 11.3 Å². The molecule has 0 unspecified atom stereocenters. The average Bonchev–Trinajstić information content (AvgIpc) is 3.26. The van der Waals surface area contributed by atoms with Crippen LogP contribution in [-0.4, -0.2) is 26.6 Å².